The Labute approximate surface area is 232 Å². The highest BCUT2D eigenvalue weighted by Gasteiger charge is 2.32. The Morgan fingerprint density at radius 1 is 1.16 bits per heavy atom. The van der Waals surface area contributed by atoms with Gasteiger partial charge in [-0.1, -0.05) is 35.9 Å². The highest BCUT2D eigenvalue weighted by atomic mass is 79.9. The second kappa shape index (κ2) is 12.3. The number of nitrogens with zero attached hydrogens (tertiary/aromatic N) is 2. The average molecular weight is 601 g/mol. The van der Waals surface area contributed by atoms with Gasteiger partial charge < -0.3 is 14.8 Å². The summed E-state index contributed by atoms with van der Waals surface area (Å²) >= 11 is 10.9. The molecule has 2 amide bonds. The standard InChI is InChI=1S/C27H23BrClN3O4S/c1-3-32-26(34)24(37-27(32)30-18-10-13-20(28)21(29)15-18)14-17-8-11-19(12-9-17)36-16-25(33)31-22-6-4-5-7-23(22)35-2/h4-15H,3,16H2,1-2H3,(H,31,33)/b24-14+,30-27?. The van der Waals surface area contributed by atoms with Crippen molar-refractivity contribution in [2.24, 2.45) is 4.99 Å². The van der Waals surface area contributed by atoms with Gasteiger partial charge in [0.1, 0.15) is 11.5 Å². The quantitative estimate of drug-likeness (QED) is 0.289. The van der Waals surface area contributed by atoms with Crippen LogP contribution in [0.15, 0.2) is 81.1 Å². The van der Waals surface area contributed by atoms with Gasteiger partial charge in [-0.2, -0.15) is 0 Å². The number of carbonyl (C=O) groups excluding carboxylic acids is 2. The summed E-state index contributed by atoms with van der Waals surface area (Å²) < 4.78 is 11.6. The van der Waals surface area contributed by atoms with Crippen molar-refractivity contribution in [1.29, 1.82) is 0 Å². The third kappa shape index (κ3) is 6.74. The van der Waals surface area contributed by atoms with Crippen LogP contribution in [0.3, 0.4) is 0 Å². The molecule has 4 rings (SSSR count). The lowest BCUT2D eigenvalue weighted by Crippen LogP contribution is -2.28. The summed E-state index contributed by atoms with van der Waals surface area (Å²) in [5.41, 5.74) is 2.07. The van der Waals surface area contributed by atoms with Gasteiger partial charge in [-0.15, -0.1) is 0 Å². The van der Waals surface area contributed by atoms with Crippen LogP contribution >= 0.6 is 39.3 Å². The summed E-state index contributed by atoms with van der Waals surface area (Å²) in [5.74, 6) is 0.695. The molecule has 7 nitrogen and oxygen atoms in total. The minimum atomic E-state index is -0.304. The van der Waals surface area contributed by atoms with Gasteiger partial charge in [0, 0.05) is 11.0 Å². The van der Waals surface area contributed by atoms with Crippen LogP contribution in [0.1, 0.15) is 12.5 Å². The number of ether oxygens (including phenoxy) is 2. The molecule has 1 saturated heterocycles. The predicted molar refractivity (Wildman–Crippen MR) is 153 cm³/mol. The van der Waals surface area contributed by atoms with Crippen LogP contribution in [0, 0.1) is 0 Å². The molecule has 190 valence electrons. The van der Waals surface area contributed by atoms with E-state index in [2.05, 4.69) is 26.2 Å². The number of anilines is 1. The molecule has 37 heavy (non-hydrogen) atoms. The molecule has 3 aromatic rings. The second-order valence-electron chi connectivity index (χ2n) is 7.76. The van der Waals surface area contributed by atoms with E-state index in [0.717, 1.165) is 10.0 Å². The zero-order chi connectivity index (χ0) is 26.4. The monoisotopic (exact) mass is 599 g/mol. The number of nitrogens with one attached hydrogen (secondary N) is 1. The van der Waals surface area contributed by atoms with Crippen LogP contribution in [-0.4, -0.2) is 42.1 Å². The fraction of sp³-hybridized carbons (Fsp3) is 0.148. The minimum absolute atomic E-state index is 0.109. The van der Waals surface area contributed by atoms with Crippen LogP contribution < -0.4 is 14.8 Å². The van der Waals surface area contributed by atoms with Gasteiger partial charge in [0.05, 0.1) is 28.4 Å². The van der Waals surface area contributed by atoms with Crippen LogP contribution in [-0.2, 0) is 9.59 Å². The highest BCUT2D eigenvalue weighted by molar-refractivity contribution is 9.10. The largest absolute Gasteiger partial charge is 0.495 e. The third-order valence-corrected chi connectivity index (χ3v) is 7.50. The number of para-hydroxylation sites is 2. The van der Waals surface area contributed by atoms with Crippen LogP contribution in [0.25, 0.3) is 6.08 Å². The topological polar surface area (TPSA) is 80.2 Å². The number of carbonyl (C=O) groups is 2. The average Bonchev–Trinajstić information content (AvgIpc) is 3.19. The molecule has 0 saturated carbocycles. The number of benzene rings is 3. The number of likely N-dealkylation sites (N-methyl/N-ethyl adjacent to an activating group) is 1. The molecule has 0 atom stereocenters. The third-order valence-electron chi connectivity index (χ3n) is 5.26. The van der Waals surface area contributed by atoms with Gasteiger partial charge >= 0.3 is 0 Å². The van der Waals surface area contributed by atoms with Gasteiger partial charge in [-0.25, -0.2) is 4.99 Å². The summed E-state index contributed by atoms with van der Waals surface area (Å²) in [6, 6.07) is 19.7. The lowest BCUT2D eigenvalue weighted by Gasteiger charge is -2.12. The molecule has 1 aliphatic heterocycles. The summed E-state index contributed by atoms with van der Waals surface area (Å²) in [7, 11) is 1.54. The second-order valence-corrected chi connectivity index (χ2v) is 10.0. The fourth-order valence-electron chi connectivity index (χ4n) is 3.43. The van der Waals surface area contributed by atoms with Gasteiger partial charge in [0.2, 0.25) is 0 Å². The van der Waals surface area contributed by atoms with E-state index >= 15 is 0 Å². The van der Waals surface area contributed by atoms with Crippen molar-refractivity contribution in [2.45, 2.75) is 6.92 Å². The summed E-state index contributed by atoms with van der Waals surface area (Å²) in [6.45, 7) is 2.25. The first-order valence-corrected chi connectivity index (χ1v) is 13.3. The van der Waals surface area contributed by atoms with Crippen LogP contribution in [0.2, 0.25) is 5.02 Å². The van der Waals surface area contributed by atoms with Crippen molar-refractivity contribution < 1.29 is 19.1 Å². The summed E-state index contributed by atoms with van der Waals surface area (Å²) in [4.78, 5) is 32.0. The molecular formula is C27H23BrClN3O4S. The van der Waals surface area contributed by atoms with Gasteiger partial charge in [-0.3, -0.25) is 14.5 Å². The molecule has 1 heterocycles. The number of methoxy groups -OCH3 is 1. The molecule has 10 heteroatoms. The van der Waals surface area contributed by atoms with Crippen molar-refractivity contribution in [3.05, 3.63) is 86.7 Å². The lowest BCUT2D eigenvalue weighted by atomic mass is 10.2. The van der Waals surface area contributed by atoms with Crippen molar-refractivity contribution in [3.8, 4) is 11.5 Å². The van der Waals surface area contributed by atoms with Crippen LogP contribution in [0.5, 0.6) is 11.5 Å². The highest BCUT2D eigenvalue weighted by Crippen LogP contribution is 2.35. The first-order chi connectivity index (χ1) is 17.9. The van der Waals surface area contributed by atoms with Crippen molar-refractivity contribution in [3.63, 3.8) is 0 Å². The maximum Gasteiger partial charge on any atom is 0.266 e. The Morgan fingerprint density at radius 2 is 1.92 bits per heavy atom. The number of rotatable bonds is 8. The van der Waals surface area contributed by atoms with E-state index in [9.17, 15) is 9.59 Å². The number of halogens is 2. The smallest absolute Gasteiger partial charge is 0.266 e. The number of amides is 2. The first kappa shape index (κ1) is 26.8. The van der Waals surface area contributed by atoms with E-state index < -0.39 is 0 Å². The van der Waals surface area contributed by atoms with Gasteiger partial charge in [0.15, 0.2) is 11.8 Å². The number of thioether (sulfide) groups is 1. The maximum atomic E-state index is 12.9. The molecule has 0 radical (unpaired) electrons. The molecule has 0 spiro atoms. The SMILES string of the molecule is CCN1C(=O)/C(=C\c2ccc(OCC(=O)Nc3ccccc3OC)cc2)SC1=Nc1ccc(Br)c(Cl)c1. The number of hydrogen-bond acceptors (Lipinski definition) is 6. The molecule has 3 aromatic carbocycles. The molecule has 0 aliphatic carbocycles. The van der Waals surface area contributed by atoms with Crippen molar-refractivity contribution in [2.75, 3.05) is 25.6 Å². The molecule has 1 aliphatic rings. The molecule has 0 aromatic heterocycles. The Kier molecular flexibility index (Phi) is 8.91. The van der Waals surface area contributed by atoms with E-state index in [1.807, 2.05) is 49.4 Å². The number of aliphatic imine (C=N–C) groups is 1. The maximum absolute atomic E-state index is 12.9. The van der Waals surface area contributed by atoms with Crippen molar-refractivity contribution >= 4 is 73.7 Å². The number of amidine groups is 1. The summed E-state index contributed by atoms with van der Waals surface area (Å²) in [5, 5.41) is 3.91. The zero-order valence-electron chi connectivity index (χ0n) is 20.0. The minimum Gasteiger partial charge on any atom is -0.495 e. The predicted octanol–water partition coefficient (Wildman–Crippen LogP) is 6.75. The van der Waals surface area contributed by atoms with E-state index in [1.54, 1.807) is 42.3 Å². The Hall–Kier alpha value is -3.27. The van der Waals surface area contributed by atoms with E-state index in [4.69, 9.17) is 21.1 Å². The Bertz CT molecular complexity index is 1380. The van der Waals surface area contributed by atoms with Gasteiger partial charge in [0.25, 0.3) is 11.8 Å². The Morgan fingerprint density at radius 3 is 2.62 bits per heavy atom. The summed E-state index contributed by atoms with van der Waals surface area (Å²) in [6.07, 6.45) is 1.81. The first-order valence-electron chi connectivity index (χ1n) is 11.3. The molecule has 0 unspecified atom stereocenters. The normalized spacial score (nSPS) is 15.4. The lowest BCUT2D eigenvalue weighted by molar-refractivity contribution is -0.122. The zero-order valence-corrected chi connectivity index (χ0v) is 23.2. The van der Waals surface area contributed by atoms with Crippen molar-refractivity contribution in [1.82, 2.24) is 4.90 Å². The van der Waals surface area contributed by atoms with E-state index in [0.29, 0.717) is 44.5 Å². The Balaban J connectivity index is 1.40. The molecular weight excluding hydrogens is 578 g/mol. The van der Waals surface area contributed by atoms with Crippen LogP contribution in [0.4, 0.5) is 11.4 Å². The van der Waals surface area contributed by atoms with E-state index in [-0.39, 0.29) is 18.4 Å². The molecule has 1 N–H and O–H groups in total. The number of hydrogen-bond donors (Lipinski definition) is 1. The van der Waals surface area contributed by atoms with Gasteiger partial charge in [-0.05, 0) is 88.7 Å². The fourth-order valence-corrected chi connectivity index (χ4v) is 4.91. The van der Waals surface area contributed by atoms with E-state index in [1.165, 1.54) is 11.8 Å². The molecule has 1 fully saturated rings. The molecule has 0 bridgehead atoms.